The van der Waals surface area contributed by atoms with Crippen molar-refractivity contribution in [2.24, 2.45) is 0 Å². The van der Waals surface area contributed by atoms with Crippen LogP contribution < -0.4 is 9.64 Å². The quantitative estimate of drug-likeness (QED) is 0.182. The molecule has 0 spiro atoms. The van der Waals surface area contributed by atoms with Crippen LogP contribution >= 0.6 is 11.8 Å². The SMILES string of the molecule is O[C@H](CN(Cc1cccc(C(F)(F)C(F)(F)F)c1)c1cccc(OCc2cccc(SC(F)(F)F)c2)c1)C(F)(F)F. The van der Waals surface area contributed by atoms with E-state index in [1.165, 1.54) is 48.5 Å². The van der Waals surface area contributed by atoms with Gasteiger partial charge >= 0.3 is 23.8 Å². The van der Waals surface area contributed by atoms with E-state index in [1.54, 1.807) is 0 Å². The summed E-state index contributed by atoms with van der Waals surface area (Å²) in [5.74, 6) is -5.16. The minimum Gasteiger partial charge on any atom is -0.489 e. The summed E-state index contributed by atoms with van der Waals surface area (Å²) in [6.07, 6.45) is -13.9. The van der Waals surface area contributed by atoms with E-state index in [0.717, 1.165) is 17.0 Å². The highest BCUT2D eigenvalue weighted by atomic mass is 32.2. The van der Waals surface area contributed by atoms with Gasteiger partial charge in [-0.2, -0.15) is 48.3 Å². The molecular formula is C26H20F11NO2S. The van der Waals surface area contributed by atoms with E-state index >= 15 is 0 Å². The third-order valence-electron chi connectivity index (χ3n) is 5.51. The first-order valence-electron chi connectivity index (χ1n) is 11.5. The Morgan fingerprint density at radius 3 is 2.02 bits per heavy atom. The van der Waals surface area contributed by atoms with Gasteiger partial charge in [-0.3, -0.25) is 0 Å². The minimum atomic E-state index is -5.91. The van der Waals surface area contributed by atoms with Crippen LogP contribution in [0.25, 0.3) is 0 Å². The van der Waals surface area contributed by atoms with Crippen molar-refractivity contribution in [3.8, 4) is 5.75 Å². The molecule has 41 heavy (non-hydrogen) atoms. The molecule has 3 rings (SSSR count). The summed E-state index contributed by atoms with van der Waals surface area (Å²) in [6.45, 7) is -1.94. The molecule has 0 fully saturated rings. The first-order valence-corrected chi connectivity index (χ1v) is 12.3. The van der Waals surface area contributed by atoms with Crippen molar-refractivity contribution in [1.82, 2.24) is 0 Å². The molecule has 1 atom stereocenters. The standard InChI is InChI=1S/C26H20F11NO2S/c27-23(28,25(32,33)34)18-6-1-4-16(10-18)13-38(14-22(39)24(29,30)31)19-7-3-8-20(12-19)40-15-17-5-2-9-21(11-17)41-26(35,36)37/h1-12,22,39H,13-15H2/t22-/m1/s1. The van der Waals surface area contributed by atoms with Crippen molar-refractivity contribution in [3.05, 3.63) is 89.5 Å². The number of rotatable bonds is 10. The maximum Gasteiger partial charge on any atom is 0.458 e. The number of hydrogen-bond acceptors (Lipinski definition) is 4. The number of alkyl halides is 11. The van der Waals surface area contributed by atoms with Gasteiger partial charge in [-0.1, -0.05) is 36.4 Å². The van der Waals surface area contributed by atoms with Crippen LogP contribution in [0.5, 0.6) is 5.75 Å². The lowest BCUT2D eigenvalue weighted by molar-refractivity contribution is -0.289. The van der Waals surface area contributed by atoms with Crippen LogP contribution in [0.1, 0.15) is 16.7 Å². The number of thioether (sulfide) groups is 1. The molecular weight excluding hydrogens is 599 g/mol. The van der Waals surface area contributed by atoms with Crippen LogP contribution in [0.4, 0.5) is 54.0 Å². The Morgan fingerprint density at radius 1 is 0.756 bits per heavy atom. The average Bonchev–Trinajstić information content (AvgIpc) is 2.85. The minimum absolute atomic E-state index is 0.0137. The lowest BCUT2D eigenvalue weighted by Crippen LogP contribution is -2.41. The smallest absolute Gasteiger partial charge is 0.458 e. The zero-order valence-corrected chi connectivity index (χ0v) is 21.3. The number of ether oxygens (including phenoxy) is 1. The maximum absolute atomic E-state index is 13.9. The van der Waals surface area contributed by atoms with E-state index in [1.807, 2.05) is 0 Å². The predicted octanol–water partition coefficient (Wildman–Crippen LogP) is 8.46. The number of anilines is 1. The fourth-order valence-electron chi connectivity index (χ4n) is 3.59. The van der Waals surface area contributed by atoms with Crippen molar-refractivity contribution in [3.63, 3.8) is 0 Å². The molecule has 0 heterocycles. The Hall–Kier alpha value is -3.20. The molecule has 3 aromatic rings. The van der Waals surface area contributed by atoms with Gasteiger partial charge in [-0.25, -0.2) is 0 Å². The summed E-state index contributed by atoms with van der Waals surface area (Å²) >= 11 is -0.332. The lowest BCUT2D eigenvalue weighted by Gasteiger charge is -2.29. The summed E-state index contributed by atoms with van der Waals surface area (Å²) in [5.41, 5.74) is -5.80. The predicted molar refractivity (Wildman–Crippen MR) is 129 cm³/mol. The van der Waals surface area contributed by atoms with E-state index in [4.69, 9.17) is 4.74 Å². The summed E-state index contributed by atoms with van der Waals surface area (Å²) < 4.78 is 149. The van der Waals surface area contributed by atoms with Crippen molar-refractivity contribution in [1.29, 1.82) is 0 Å². The summed E-state index contributed by atoms with van der Waals surface area (Å²) in [4.78, 5) is 0.814. The first kappa shape index (κ1) is 32.3. The highest BCUT2D eigenvalue weighted by Crippen LogP contribution is 2.44. The zero-order chi connectivity index (χ0) is 30.6. The van der Waals surface area contributed by atoms with Gasteiger partial charge in [0.25, 0.3) is 0 Å². The maximum atomic E-state index is 13.9. The Balaban J connectivity index is 1.86. The van der Waals surface area contributed by atoms with Crippen LogP contribution in [0.15, 0.2) is 77.7 Å². The highest BCUT2D eigenvalue weighted by Gasteiger charge is 2.58. The largest absolute Gasteiger partial charge is 0.489 e. The van der Waals surface area contributed by atoms with Gasteiger partial charge in [0.2, 0.25) is 0 Å². The number of hydrogen-bond donors (Lipinski definition) is 1. The van der Waals surface area contributed by atoms with Crippen molar-refractivity contribution < 1.29 is 58.1 Å². The highest BCUT2D eigenvalue weighted by molar-refractivity contribution is 8.00. The topological polar surface area (TPSA) is 32.7 Å². The first-order chi connectivity index (χ1) is 18.8. The van der Waals surface area contributed by atoms with E-state index < -0.39 is 48.5 Å². The van der Waals surface area contributed by atoms with Gasteiger partial charge in [-0.05, 0) is 53.2 Å². The summed E-state index contributed by atoms with van der Waals surface area (Å²) in [6, 6.07) is 13.7. The number of nitrogens with zero attached hydrogens (tertiary/aromatic N) is 1. The zero-order valence-electron chi connectivity index (χ0n) is 20.5. The third-order valence-corrected chi connectivity index (χ3v) is 6.23. The monoisotopic (exact) mass is 619 g/mol. The second-order valence-corrected chi connectivity index (χ2v) is 9.83. The fourth-order valence-corrected chi connectivity index (χ4v) is 4.22. The van der Waals surface area contributed by atoms with E-state index in [0.29, 0.717) is 17.7 Å². The molecule has 0 saturated carbocycles. The van der Waals surface area contributed by atoms with E-state index in [2.05, 4.69) is 0 Å². The lowest BCUT2D eigenvalue weighted by atomic mass is 10.0. The number of halogens is 11. The number of benzene rings is 3. The molecule has 0 saturated heterocycles. The van der Waals surface area contributed by atoms with Crippen molar-refractivity contribution in [2.45, 2.75) is 47.9 Å². The van der Waals surface area contributed by atoms with E-state index in [-0.39, 0.29) is 40.3 Å². The second-order valence-electron chi connectivity index (χ2n) is 8.69. The molecule has 15 heteroatoms. The third kappa shape index (κ3) is 9.15. The molecule has 0 unspecified atom stereocenters. The van der Waals surface area contributed by atoms with Crippen LogP contribution in [0, 0.1) is 0 Å². The Morgan fingerprint density at radius 2 is 1.39 bits per heavy atom. The van der Waals surface area contributed by atoms with Gasteiger partial charge in [0.05, 0.1) is 6.54 Å². The second kappa shape index (κ2) is 12.3. The number of aliphatic hydroxyl groups is 1. The van der Waals surface area contributed by atoms with Gasteiger partial charge in [0, 0.05) is 28.8 Å². The fraction of sp³-hybridized carbons (Fsp3) is 0.308. The number of aliphatic hydroxyl groups excluding tert-OH is 1. The molecule has 0 radical (unpaired) electrons. The molecule has 3 aromatic carbocycles. The van der Waals surface area contributed by atoms with Gasteiger partial charge < -0.3 is 14.7 Å². The molecule has 0 aliphatic rings. The van der Waals surface area contributed by atoms with E-state index in [9.17, 15) is 53.4 Å². The molecule has 3 nitrogen and oxygen atoms in total. The molecule has 0 aliphatic carbocycles. The molecule has 1 N–H and O–H groups in total. The average molecular weight is 619 g/mol. The van der Waals surface area contributed by atoms with Crippen LogP contribution in [-0.4, -0.2) is 35.6 Å². The normalized spacial score (nSPS) is 13.7. The molecule has 0 amide bonds. The van der Waals surface area contributed by atoms with Crippen LogP contribution in [0.3, 0.4) is 0 Å². The van der Waals surface area contributed by atoms with Gasteiger partial charge in [0.15, 0.2) is 6.10 Å². The Kier molecular flexibility index (Phi) is 9.73. The van der Waals surface area contributed by atoms with Crippen molar-refractivity contribution >= 4 is 17.4 Å². The van der Waals surface area contributed by atoms with Gasteiger partial charge in [0.1, 0.15) is 12.4 Å². The molecule has 0 aromatic heterocycles. The van der Waals surface area contributed by atoms with Crippen LogP contribution in [0.2, 0.25) is 0 Å². The summed E-state index contributed by atoms with van der Waals surface area (Å²) in [7, 11) is 0. The Labute approximate surface area is 230 Å². The van der Waals surface area contributed by atoms with Crippen LogP contribution in [-0.2, 0) is 19.1 Å². The van der Waals surface area contributed by atoms with Crippen molar-refractivity contribution in [2.75, 3.05) is 11.4 Å². The summed E-state index contributed by atoms with van der Waals surface area (Å²) in [5, 5.41) is 9.67. The molecule has 224 valence electrons. The Bertz CT molecular complexity index is 1310. The molecule has 0 aliphatic heterocycles. The van der Waals surface area contributed by atoms with Gasteiger partial charge in [-0.15, -0.1) is 0 Å². The molecule has 0 bridgehead atoms.